The van der Waals surface area contributed by atoms with Crippen molar-refractivity contribution in [3.05, 3.63) is 53.0 Å². The molecule has 0 bridgehead atoms. The molecule has 1 N–H and O–H groups in total. The summed E-state index contributed by atoms with van der Waals surface area (Å²) in [6.07, 6.45) is 6.63. The molecule has 7 heteroatoms. The van der Waals surface area contributed by atoms with Crippen LogP contribution in [0.2, 0.25) is 0 Å². The molecule has 2 fully saturated rings. The molecule has 4 rings (SSSR count). The monoisotopic (exact) mass is 481 g/mol. The molecule has 1 unspecified atom stereocenters. The van der Waals surface area contributed by atoms with Crippen LogP contribution < -0.4 is 10.1 Å². The summed E-state index contributed by atoms with van der Waals surface area (Å²) in [4.78, 5) is 30.1. The Balaban J connectivity index is 1.39. The lowest BCUT2D eigenvalue weighted by Gasteiger charge is -2.35. The van der Waals surface area contributed by atoms with E-state index in [2.05, 4.69) is 10.2 Å². The van der Waals surface area contributed by atoms with E-state index in [4.69, 9.17) is 9.15 Å². The molecule has 0 spiro atoms. The molecular formula is C28H39N3O4. The molecule has 1 aromatic heterocycles. The van der Waals surface area contributed by atoms with Gasteiger partial charge in [-0.3, -0.25) is 14.5 Å². The van der Waals surface area contributed by atoms with Crippen molar-refractivity contribution in [3.8, 4) is 5.75 Å². The van der Waals surface area contributed by atoms with Crippen molar-refractivity contribution in [2.75, 3.05) is 32.7 Å². The maximum atomic E-state index is 13.4. The summed E-state index contributed by atoms with van der Waals surface area (Å²) in [5.74, 6) is 1.97. The molecule has 2 saturated heterocycles. The lowest BCUT2D eigenvalue weighted by atomic mass is 9.98. The molecule has 2 amide bonds. The molecule has 0 saturated carbocycles. The third-order valence-electron chi connectivity index (χ3n) is 7.15. The zero-order valence-corrected chi connectivity index (χ0v) is 21.2. The number of hydrogen-bond donors (Lipinski definition) is 1. The summed E-state index contributed by atoms with van der Waals surface area (Å²) < 4.78 is 11.8. The second-order valence-electron chi connectivity index (χ2n) is 9.89. The molecular weight excluding hydrogens is 442 g/mol. The van der Waals surface area contributed by atoms with Crippen LogP contribution in [0.1, 0.15) is 72.4 Å². The molecule has 0 radical (unpaired) electrons. The minimum Gasteiger partial charge on any atom is -0.489 e. The lowest BCUT2D eigenvalue weighted by molar-refractivity contribution is -0.122. The number of aryl methyl sites for hydroxylation is 2. The Hall–Kier alpha value is -2.80. The minimum absolute atomic E-state index is 0.0659. The fourth-order valence-electron chi connectivity index (χ4n) is 5.03. The molecule has 7 nitrogen and oxygen atoms in total. The van der Waals surface area contributed by atoms with Gasteiger partial charge in [0.15, 0.2) is 5.76 Å². The number of ether oxygens (including phenoxy) is 1. The predicted octanol–water partition coefficient (Wildman–Crippen LogP) is 4.46. The van der Waals surface area contributed by atoms with E-state index in [1.165, 1.54) is 18.4 Å². The van der Waals surface area contributed by atoms with Crippen LogP contribution in [-0.4, -0.2) is 60.4 Å². The van der Waals surface area contributed by atoms with E-state index < -0.39 is 0 Å². The first-order valence-electron chi connectivity index (χ1n) is 13.1. The van der Waals surface area contributed by atoms with E-state index >= 15 is 0 Å². The third-order valence-corrected chi connectivity index (χ3v) is 7.15. The summed E-state index contributed by atoms with van der Waals surface area (Å²) in [7, 11) is 0. The standard InChI is InChI=1S/C28H39N3O4/c1-21-9-11-25(12-10-21)34-20-23-18-26(35-22(23)2)28(33)31-15-6-4-13-29-27(32)19-24-8-3-5-14-30(24)16-7-17-31/h9-12,18,24H,3-8,13-17,19-20H2,1-2H3,(H,29,32). The van der Waals surface area contributed by atoms with Gasteiger partial charge in [0.1, 0.15) is 18.1 Å². The van der Waals surface area contributed by atoms with Crippen molar-refractivity contribution >= 4 is 11.8 Å². The van der Waals surface area contributed by atoms with Gasteiger partial charge in [-0.1, -0.05) is 24.1 Å². The number of fused-ring (bicyclic) bond motifs is 1. The Morgan fingerprint density at radius 3 is 2.60 bits per heavy atom. The van der Waals surface area contributed by atoms with Gasteiger partial charge in [-0.05, 0) is 70.7 Å². The van der Waals surface area contributed by atoms with Crippen LogP contribution in [0.25, 0.3) is 0 Å². The first kappa shape index (κ1) is 25.3. The Morgan fingerprint density at radius 1 is 1.03 bits per heavy atom. The molecule has 3 heterocycles. The van der Waals surface area contributed by atoms with E-state index in [0.29, 0.717) is 50.2 Å². The maximum absolute atomic E-state index is 13.4. The van der Waals surface area contributed by atoms with E-state index in [1.807, 2.05) is 49.1 Å². The molecule has 2 aromatic rings. The quantitative estimate of drug-likeness (QED) is 0.698. The van der Waals surface area contributed by atoms with Crippen LogP contribution in [0.4, 0.5) is 0 Å². The van der Waals surface area contributed by atoms with E-state index in [1.54, 1.807) is 0 Å². The number of carbonyl (C=O) groups excluding carboxylic acids is 2. The molecule has 2 aliphatic heterocycles. The van der Waals surface area contributed by atoms with Crippen LogP contribution >= 0.6 is 0 Å². The van der Waals surface area contributed by atoms with E-state index in [9.17, 15) is 9.59 Å². The lowest BCUT2D eigenvalue weighted by Crippen LogP contribution is -2.44. The fourth-order valence-corrected chi connectivity index (χ4v) is 5.03. The molecule has 190 valence electrons. The molecule has 2 aliphatic rings. The average Bonchev–Trinajstić information content (AvgIpc) is 3.23. The van der Waals surface area contributed by atoms with Gasteiger partial charge in [0.25, 0.3) is 5.91 Å². The average molecular weight is 482 g/mol. The second-order valence-corrected chi connectivity index (χ2v) is 9.89. The second kappa shape index (κ2) is 12.2. The highest BCUT2D eigenvalue weighted by molar-refractivity contribution is 5.91. The number of furan rings is 1. The van der Waals surface area contributed by atoms with Gasteiger partial charge in [0, 0.05) is 44.2 Å². The van der Waals surface area contributed by atoms with Crippen LogP contribution in [0.3, 0.4) is 0 Å². The molecule has 1 atom stereocenters. The number of benzene rings is 1. The van der Waals surface area contributed by atoms with E-state index in [0.717, 1.165) is 50.1 Å². The van der Waals surface area contributed by atoms with E-state index in [-0.39, 0.29) is 11.8 Å². The SMILES string of the molecule is Cc1ccc(OCc2cc(C(=O)N3CCCCNC(=O)CC4CCCCN4CCC3)oc2C)cc1. The number of hydrogen-bond acceptors (Lipinski definition) is 5. The van der Waals surface area contributed by atoms with Crippen molar-refractivity contribution < 1.29 is 18.7 Å². The largest absolute Gasteiger partial charge is 0.489 e. The summed E-state index contributed by atoms with van der Waals surface area (Å²) in [5, 5.41) is 3.07. The molecule has 1 aromatic carbocycles. The zero-order valence-electron chi connectivity index (χ0n) is 21.2. The molecule has 35 heavy (non-hydrogen) atoms. The topological polar surface area (TPSA) is 75.0 Å². The highest BCUT2D eigenvalue weighted by Gasteiger charge is 2.26. The molecule has 0 aliphatic carbocycles. The van der Waals surface area contributed by atoms with Gasteiger partial charge in [0.2, 0.25) is 5.91 Å². The van der Waals surface area contributed by atoms with Crippen LogP contribution in [0, 0.1) is 13.8 Å². The summed E-state index contributed by atoms with van der Waals surface area (Å²) >= 11 is 0. The van der Waals surface area contributed by atoms with Crippen molar-refractivity contribution in [1.82, 2.24) is 15.1 Å². The minimum atomic E-state index is -0.0659. The number of piperidine rings is 1. The van der Waals surface area contributed by atoms with Gasteiger partial charge < -0.3 is 19.4 Å². The summed E-state index contributed by atoms with van der Waals surface area (Å²) in [6, 6.07) is 10.1. The fraction of sp³-hybridized carbons (Fsp3) is 0.571. The first-order chi connectivity index (χ1) is 17.0. The summed E-state index contributed by atoms with van der Waals surface area (Å²) in [5.41, 5.74) is 2.07. The highest BCUT2D eigenvalue weighted by Crippen LogP contribution is 2.22. The van der Waals surface area contributed by atoms with Crippen molar-refractivity contribution in [3.63, 3.8) is 0 Å². The van der Waals surface area contributed by atoms with Crippen molar-refractivity contribution in [2.24, 2.45) is 0 Å². The normalized spacial score (nSPS) is 20.7. The Kier molecular flexibility index (Phi) is 8.85. The number of carbonyl (C=O) groups is 2. The van der Waals surface area contributed by atoms with Crippen LogP contribution in [0.15, 0.2) is 34.7 Å². The highest BCUT2D eigenvalue weighted by atomic mass is 16.5. The number of nitrogens with zero attached hydrogens (tertiary/aromatic N) is 2. The van der Waals surface area contributed by atoms with Gasteiger partial charge in [0.05, 0.1) is 0 Å². The van der Waals surface area contributed by atoms with Crippen LogP contribution in [-0.2, 0) is 11.4 Å². The van der Waals surface area contributed by atoms with Crippen LogP contribution in [0.5, 0.6) is 5.75 Å². The van der Waals surface area contributed by atoms with Gasteiger partial charge in [-0.2, -0.15) is 0 Å². The van der Waals surface area contributed by atoms with Crippen molar-refractivity contribution in [2.45, 2.75) is 71.4 Å². The number of nitrogens with one attached hydrogen (secondary N) is 1. The Morgan fingerprint density at radius 2 is 1.77 bits per heavy atom. The number of amides is 2. The van der Waals surface area contributed by atoms with Gasteiger partial charge in [-0.15, -0.1) is 0 Å². The Labute approximate surface area is 208 Å². The maximum Gasteiger partial charge on any atom is 0.289 e. The zero-order chi connectivity index (χ0) is 24.6. The predicted molar refractivity (Wildman–Crippen MR) is 136 cm³/mol. The Bertz CT molecular complexity index is 985. The smallest absolute Gasteiger partial charge is 0.289 e. The van der Waals surface area contributed by atoms with Crippen molar-refractivity contribution in [1.29, 1.82) is 0 Å². The van der Waals surface area contributed by atoms with Gasteiger partial charge in [-0.25, -0.2) is 0 Å². The number of rotatable bonds is 4. The summed E-state index contributed by atoms with van der Waals surface area (Å²) in [6.45, 7) is 8.25. The third kappa shape index (κ3) is 7.10. The van der Waals surface area contributed by atoms with Gasteiger partial charge >= 0.3 is 0 Å². The first-order valence-corrected chi connectivity index (χ1v) is 13.1.